The van der Waals surface area contributed by atoms with Gasteiger partial charge in [-0.1, -0.05) is 12.1 Å². The van der Waals surface area contributed by atoms with Gasteiger partial charge in [0.15, 0.2) is 5.58 Å². The van der Waals surface area contributed by atoms with Crippen LogP contribution in [0.4, 0.5) is 6.01 Å². The van der Waals surface area contributed by atoms with Crippen LogP contribution in [0.5, 0.6) is 0 Å². The van der Waals surface area contributed by atoms with Gasteiger partial charge in [-0.3, -0.25) is 15.2 Å². The fraction of sp³-hybridized carbons (Fsp3) is 0.167. The third-order valence-electron chi connectivity index (χ3n) is 4.25. The highest BCUT2D eigenvalue weighted by Crippen LogP contribution is 2.25. The molecule has 0 saturated carbocycles. The molecule has 2 aromatic heterocycles. The SMILES string of the molecule is Cc1cc(S(=O)(=O)N(C)CC(=O)Nc2nc3ccccc3o2)c2[nH]ncc2c1. The molecule has 0 spiro atoms. The predicted octanol–water partition coefficient (Wildman–Crippen LogP) is 2.27. The normalized spacial score (nSPS) is 12.1. The van der Waals surface area contributed by atoms with Crippen LogP contribution in [0.3, 0.4) is 0 Å². The lowest BCUT2D eigenvalue weighted by molar-refractivity contribution is -0.116. The summed E-state index contributed by atoms with van der Waals surface area (Å²) in [7, 11) is -2.58. The maximum atomic E-state index is 13.0. The number of carbonyl (C=O) groups is 1. The minimum Gasteiger partial charge on any atom is -0.423 e. The number of anilines is 1. The van der Waals surface area contributed by atoms with Crippen LogP contribution in [-0.2, 0) is 14.8 Å². The van der Waals surface area contributed by atoms with E-state index in [1.807, 2.05) is 6.07 Å². The molecule has 2 N–H and O–H groups in total. The van der Waals surface area contributed by atoms with E-state index in [-0.39, 0.29) is 10.9 Å². The number of fused-ring (bicyclic) bond motifs is 2. The molecule has 10 heteroatoms. The number of hydrogen-bond acceptors (Lipinski definition) is 6. The first-order chi connectivity index (χ1) is 13.3. The molecule has 0 unspecified atom stereocenters. The van der Waals surface area contributed by atoms with Crippen molar-refractivity contribution in [2.24, 2.45) is 0 Å². The van der Waals surface area contributed by atoms with E-state index >= 15 is 0 Å². The number of oxazole rings is 1. The van der Waals surface area contributed by atoms with Gasteiger partial charge in [-0.15, -0.1) is 0 Å². The summed E-state index contributed by atoms with van der Waals surface area (Å²) in [5, 5.41) is 9.78. The van der Waals surface area contributed by atoms with Crippen LogP contribution in [0.1, 0.15) is 5.56 Å². The molecule has 144 valence electrons. The Labute approximate surface area is 160 Å². The number of amides is 1. The number of hydrogen-bond donors (Lipinski definition) is 2. The average molecular weight is 399 g/mol. The van der Waals surface area contributed by atoms with Gasteiger partial charge in [-0.25, -0.2) is 8.42 Å². The summed E-state index contributed by atoms with van der Waals surface area (Å²) in [6, 6.07) is 10.5. The molecular formula is C18H17N5O4S. The van der Waals surface area contributed by atoms with E-state index < -0.39 is 22.5 Å². The Morgan fingerprint density at radius 3 is 2.86 bits per heavy atom. The fourth-order valence-electron chi connectivity index (χ4n) is 2.91. The summed E-state index contributed by atoms with van der Waals surface area (Å²) in [6.45, 7) is 1.40. The Kier molecular flexibility index (Phi) is 4.36. The number of benzene rings is 2. The lowest BCUT2D eigenvalue weighted by Gasteiger charge is -2.17. The maximum absolute atomic E-state index is 13.0. The Hall–Kier alpha value is -3.24. The number of H-pyrrole nitrogens is 1. The van der Waals surface area contributed by atoms with Crippen molar-refractivity contribution in [3.63, 3.8) is 0 Å². The van der Waals surface area contributed by atoms with Crippen LogP contribution in [0, 0.1) is 6.92 Å². The van der Waals surface area contributed by atoms with E-state index in [1.54, 1.807) is 43.5 Å². The van der Waals surface area contributed by atoms with Crippen molar-refractivity contribution in [2.75, 3.05) is 18.9 Å². The predicted molar refractivity (Wildman–Crippen MR) is 103 cm³/mol. The highest BCUT2D eigenvalue weighted by molar-refractivity contribution is 7.89. The fourth-order valence-corrected chi connectivity index (χ4v) is 4.29. The van der Waals surface area contributed by atoms with Crippen molar-refractivity contribution in [1.82, 2.24) is 19.5 Å². The third-order valence-corrected chi connectivity index (χ3v) is 6.08. The van der Waals surface area contributed by atoms with Crippen LogP contribution in [0.2, 0.25) is 0 Å². The van der Waals surface area contributed by atoms with Crippen LogP contribution >= 0.6 is 0 Å². The maximum Gasteiger partial charge on any atom is 0.302 e. The first-order valence-corrected chi connectivity index (χ1v) is 9.84. The second kappa shape index (κ2) is 6.73. The van der Waals surface area contributed by atoms with Crippen molar-refractivity contribution in [3.05, 3.63) is 48.2 Å². The molecule has 0 aliphatic rings. The summed E-state index contributed by atoms with van der Waals surface area (Å²) in [5.74, 6) is -0.564. The number of nitrogens with zero attached hydrogens (tertiary/aromatic N) is 3. The number of nitrogens with one attached hydrogen (secondary N) is 2. The molecule has 0 saturated heterocycles. The van der Waals surface area contributed by atoms with Gasteiger partial charge in [0, 0.05) is 12.4 Å². The summed E-state index contributed by atoms with van der Waals surface area (Å²) < 4.78 is 32.4. The highest BCUT2D eigenvalue weighted by Gasteiger charge is 2.26. The minimum atomic E-state index is -3.92. The van der Waals surface area contributed by atoms with Gasteiger partial charge in [0.05, 0.1) is 18.3 Å². The molecule has 28 heavy (non-hydrogen) atoms. The molecule has 4 rings (SSSR count). The van der Waals surface area contributed by atoms with Gasteiger partial charge in [-0.05, 0) is 36.8 Å². The molecule has 0 atom stereocenters. The molecule has 4 aromatic rings. The number of aromatic amines is 1. The first kappa shape index (κ1) is 18.1. The zero-order chi connectivity index (χ0) is 19.9. The molecule has 0 fully saturated rings. The minimum absolute atomic E-state index is 0.0171. The molecule has 1 amide bonds. The largest absolute Gasteiger partial charge is 0.423 e. The molecule has 2 heterocycles. The highest BCUT2D eigenvalue weighted by atomic mass is 32.2. The van der Waals surface area contributed by atoms with Gasteiger partial charge < -0.3 is 4.42 Å². The van der Waals surface area contributed by atoms with Crippen molar-refractivity contribution >= 4 is 43.9 Å². The smallest absolute Gasteiger partial charge is 0.302 e. The second-order valence-corrected chi connectivity index (χ2v) is 8.41. The topological polar surface area (TPSA) is 121 Å². The van der Waals surface area contributed by atoms with Crippen molar-refractivity contribution in [2.45, 2.75) is 11.8 Å². The monoisotopic (exact) mass is 399 g/mol. The summed E-state index contributed by atoms with van der Waals surface area (Å²) in [5.41, 5.74) is 2.30. The van der Waals surface area contributed by atoms with E-state index in [4.69, 9.17) is 4.42 Å². The molecule has 0 aliphatic heterocycles. The number of sulfonamides is 1. The third kappa shape index (κ3) is 3.23. The number of carbonyl (C=O) groups excluding carboxylic acids is 1. The number of aryl methyl sites for hydroxylation is 1. The summed E-state index contributed by atoms with van der Waals surface area (Å²) >= 11 is 0. The summed E-state index contributed by atoms with van der Waals surface area (Å²) in [4.78, 5) is 16.5. The standard InChI is InChI=1S/C18H17N5O4S/c1-11-7-12-9-19-22-17(12)15(8-11)28(25,26)23(2)10-16(24)21-18-20-13-5-3-4-6-14(13)27-18/h3-9H,10H2,1-2H3,(H,19,22)(H,20,21,24). The quantitative estimate of drug-likeness (QED) is 0.531. The van der Waals surface area contributed by atoms with E-state index in [9.17, 15) is 13.2 Å². The molecule has 2 aromatic carbocycles. The Balaban J connectivity index is 1.55. The lowest BCUT2D eigenvalue weighted by atomic mass is 10.2. The van der Waals surface area contributed by atoms with E-state index in [0.717, 1.165) is 9.87 Å². The van der Waals surface area contributed by atoms with Crippen LogP contribution < -0.4 is 5.32 Å². The van der Waals surface area contributed by atoms with Crippen LogP contribution in [-0.4, -0.2) is 47.4 Å². The Morgan fingerprint density at radius 2 is 2.07 bits per heavy atom. The van der Waals surface area contributed by atoms with E-state index in [1.165, 1.54) is 7.05 Å². The molecule has 9 nitrogen and oxygen atoms in total. The van der Waals surface area contributed by atoms with Gasteiger partial charge >= 0.3 is 6.01 Å². The Bertz CT molecular complexity index is 1260. The zero-order valence-corrected chi connectivity index (χ0v) is 15.9. The van der Waals surface area contributed by atoms with E-state index in [0.29, 0.717) is 22.0 Å². The van der Waals surface area contributed by atoms with Gasteiger partial charge in [0.2, 0.25) is 15.9 Å². The van der Waals surface area contributed by atoms with E-state index in [2.05, 4.69) is 20.5 Å². The number of rotatable bonds is 5. The number of aromatic nitrogens is 3. The van der Waals surface area contributed by atoms with Crippen LogP contribution in [0.25, 0.3) is 22.0 Å². The lowest BCUT2D eigenvalue weighted by Crippen LogP contribution is -2.35. The summed E-state index contributed by atoms with van der Waals surface area (Å²) in [6.07, 6.45) is 1.56. The molecular weight excluding hydrogens is 382 g/mol. The van der Waals surface area contributed by atoms with Crippen molar-refractivity contribution in [3.8, 4) is 0 Å². The Morgan fingerprint density at radius 1 is 1.29 bits per heavy atom. The number of para-hydroxylation sites is 2. The molecule has 0 radical (unpaired) electrons. The zero-order valence-electron chi connectivity index (χ0n) is 15.1. The van der Waals surface area contributed by atoms with Gasteiger partial charge in [0.1, 0.15) is 10.4 Å². The van der Waals surface area contributed by atoms with Crippen molar-refractivity contribution in [1.29, 1.82) is 0 Å². The second-order valence-electron chi connectivity index (χ2n) is 6.39. The molecule has 0 bridgehead atoms. The average Bonchev–Trinajstić information content (AvgIpc) is 3.26. The van der Waals surface area contributed by atoms with Crippen LogP contribution in [0.15, 0.2) is 51.9 Å². The number of likely N-dealkylation sites (N-methyl/N-ethyl adjacent to an activating group) is 1. The first-order valence-electron chi connectivity index (χ1n) is 8.40. The van der Waals surface area contributed by atoms with Crippen molar-refractivity contribution < 1.29 is 17.6 Å². The van der Waals surface area contributed by atoms with Gasteiger partial charge in [0.25, 0.3) is 0 Å². The van der Waals surface area contributed by atoms with Gasteiger partial charge in [-0.2, -0.15) is 14.4 Å². The molecule has 0 aliphatic carbocycles.